The quantitative estimate of drug-likeness (QED) is 0.496. The van der Waals surface area contributed by atoms with Crippen molar-refractivity contribution in [2.45, 2.75) is 19.9 Å². The van der Waals surface area contributed by atoms with Crippen LogP contribution < -0.4 is 19.1 Å². The van der Waals surface area contributed by atoms with Gasteiger partial charge in [-0.15, -0.1) is 0 Å². The Bertz CT molecular complexity index is 1260. The molecule has 9 heteroatoms. The van der Waals surface area contributed by atoms with Gasteiger partial charge in [0.15, 0.2) is 22.8 Å². The van der Waals surface area contributed by atoms with Crippen LogP contribution in [0.15, 0.2) is 23.1 Å². The molecule has 0 radical (unpaired) electrons. The van der Waals surface area contributed by atoms with Crippen LogP contribution in [0.1, 0.15) is 19.9 Å². The van der Waals surface area contributed by atoms with E-state index in [0.717, 1.165) is 38.2 Å². The first-order valence-electron chi connectivity index (χ1n) is 9.08. The molecular formula is C20H22N4O4S. The van der Waals surface area contributed by atoms with Crippen molar-refractivity contribution in [3.05, 3.63) is 28.0 Å². The van der Waals surface area contributed by atoms with Gasteiger partial charge < -0.3 is 14.2 Å². The Morgan fingerprint density at radius 1 is 1.03 bits per heavy atom. The first kappa shape index (κ1) is 19.3. The third-order valence-electron chi connectivity index (χ3n) is 4.90. The second-order valence-corrected chi connectivity index (χ2v) is 7.86. The molecule has 0 amide bonds. The van der Waals surface area contributed by atoms with E-state index in [9.17, 15) is 4.79 Å². The largest absolute Gasteiger partial charge is 0.493 e. The molecule has 3 heterocycles. The van der Waals surface area contributed by atoms with Crippen LogP contribution in [0.3, 0.4) is 0 Å². The molecule has 4 rings (SSSR count). The van der Waals surface area contributed by atoms with Crippen LogP contribution in [0.2, 0.25) is 0 Å². The number of methoxy groups -OCH3 is 3. The van der Waals surface area contributed by atoms with Crippen LogP contribution in [0.25, 0.3) is 32.5 Å². The number of rotatable bonds is 5. The molecule has 0 aliphatic heterocycles. The Kier molecular flexibility index (Phi) is 4.70. The molecule has 1 aromatic carbocycles. The summed E-state index contributed by atoms with van der Waals surface area (Å²) < 4.78 is 20.7. The summed E-state index contributed by atoms with van der Waals surface area (Å²) in [6, 6.07) is 3.89. The number of fused-ring (bicyclic) bond motifs is 2. The van der Waals surface area contributed by atoms with Gasteiger partial charge >= 0.3 is 4.87 Å². The molecule has 0 atom stereocenters. The van der Waals surface area contributed by atoms with Crippen molar-refractivity contribution < 1.29 is 14.2 Å². The summed E-state index contributed by atoms with van der Waals surface area (Å²) in [4.78, 5) is 17.1. The average molecular weight is 414 g/mol. The lowest BCUT2D eigenvalue weighted by atomic mass is 10.0. The predicted molar refractivity (Wildman–Crippen MR) is 114 cm³/mol. The molecule has 0 bridgehead atoms. The Morgan fingerprint density at radius 2 is 1.69 bits per heavy atom. The maximum atomic E-state index is 12.4. The van der Waals surface area contributed by atoms with E-state index in [-0.39, 0.29) is 10.9 Å². The SMILES string of the molecule is COc1cc(-c2c3cnn(C(C)C)c3nc3c2sc(=O)n3C)cc(OC)c1OC. The molecule has 152 valence electrons. The third kappa shape index (κ3) is 2.84. The first-order valence-corrected chi connectivity index (χ1v) is 9.90. The molecular weight excluding hydrogens is 392 g/mol. The van der Waals surface area contributed by atoms with E-state index in [2.05, 4.69) is 5.10 Å². The lowest BCUT2D eigenvalue weighted by molar-refractivity contribution is 0.324. The standard InChI is InChI=1S/C20H22N4O4S/c1-10(2)24-18-12(9-21-24)15(17-19(22-18)23(3)20(25)29-17)11-7-13(26-4)16(28-6)14(8-11)27-5/h7-10H,1-6H3. The minimum atomic E-state index is -0.0714. The fraction of sp³-hybridized carbons (Fsp3) is 0.350. The van der Waals surface area contributed by atoms with E-state index in [1.54, 1.807) is 39.1 Å². The van der Waals surface area contributed by atoms with Gasteiger partial charge in [0.05, 0.1) is 32.2 Å². The lowest BCUT2D eigenvalue weighted by Crippen LogP contribution is -2.08. The van der Waals surface area contributed by atoms with Gasteiger partial charge in [-0.3, -0.25) is 9.36 Å². The molecule has 0 aliphatic rings. The zero-order chi connectivity index (χ0) is 20.9. The molecule has 0 N–H and O–H groups in total. The fourth-order valence-corrected chi connectivity index (χ4v) is 4.49. The molecule has 4 aromatic rings. The van der Waals surface area contributed by atoms with Gasteiger partial charge in [0.1, 0.15) is 0 Å². The van der Waals surface area contributed by atoms with E-state index >= 15 is 0 Å². The van der Waals surface area contributed by atoms with Crippen LogP contribution >= 0.6 is 11.3 Å². The highest BCUT2D eigenvalue weighted by Gasteiger charge is 2.22. The second-order valence-electron chi connectivity index (χ2n) is 6.90. The maximum Gasteiger partial charge on any atom is 0.309 e. The highest BCUT2D eigenvalue weighted by molar-refractivity contribution is 7.17. The van der Waals surface area contributed by atoms with Crippen LogP contribution in [0.4, 0.5) is 0 Å². The number of pyridine rings is 1. The summed E-state index contributed by atoms with van der Waals surface area (Å²) in [6.45, 7) is 4.09. The van der Waals surface area contributed by atoms with Gasteiger partial charge in [-0.1, -0.05) is 11.3 Å². The number of hydrogen-bond donors (Lipinski definition) is 0. The van der Waals surface area contributed by atoms with E-state index in [4.69, 9.17) is 19.2 Å². The van der Waals surface area contributed by atoms with Crippen molar-refractivity contribution in [1.29, 1.82) is 0 Å². The number of ether oxygens (including phenoxy) is 3. The average Bonchev–Trinajstić information content (AvgIpc) is 3.26. The first-order chi connectivity index (χ1) is 13.9. The number of benzene rings is 1. The Balaban J connectivity index is 2.17. The summed E-state index contributed by atoms with van der Waals surface area (Å²) in [7, 11) is 6.46. The topological polar surface area (TPSA) is 80.4 Å². The van der Waals surface area contributed by atoms with Crippen molar-refractivity contribution in [1.82, 2.24) is 19.3 Å². The summed E-state index contributed by atoms with van der Waals surface area (Å²) in [5.74, 6) is 1.60. The summed E-state index contributed by atoms with van der Waals surface area (Å²) in [5.41, 5.74) is 3.06. The van der Waals surface area contributed by atoms with E-state index < -0.39 is 0 Å². The van der Waals surface area contributed by atoms with Gasteiger partial charge in [-0.25, -0.2) is 9.67 Å². The summed E-state index contributed by atoms with van der Waals surface area (Å²) in [6.07, 6.45) is 1.80. The zero-order valence-corrected chi connectivity index (χ0v) is 18.0. The Morgan fingerprint density at radius 3 is 2.24 bits per heavy atom. The second kappa shape index (κ2) is 7.07. The van der Waals surface area contributed by atoms with Crippen molar-refractivity contribution in [3.63, 3.8) is 0 Å². The van der Waals surface area contributed by atoms with E-state index in [1.807, 2.05) is 30.7 Å². The number of nitrogens with zero attached hydrogens (tertiary/aromatic N) is 4. The van der Waals surface area contributed by atoms with E-state index in [0.29, 0.717) is 22.9 Å². The zero-order valence-electron chi connectivity index (χ0n) is 17.1. The van der Waals surface area contributed by atoms with Crippen LogP contribution in [-0.2, 0) is 7.05 Å². The molecule has 0 saturated heterocycles. The van der Waals surface area contributed by atoms with Gasteiger partial charge in [0, 0.05) is 24.0 Å². The van der Waals surface area contributed by atoms with Crippen molar-refractivity contribution in [3.8, 4) is 28.4 Å². The van der Waals surface area contributed by atoms with Gasteiger partial charge in [0.2, 0.25) is 5.75 Å². The number of hydrogen-bond acceptors (Lipinski definition) is 7. The molecule has 0 spiro atoms. The number of thiazole rings is 1. The molecule has 3 aromatic heterocycles. The normalized spacial score (nSPS) is 11.6. The van der Waals surface area contributed by atoms with Crippen LogP contribution in [0.5, 0.6) is 17.2 Å². The Labute approximate surface area is 171 Å². The van der Waals surface area contributed by atoms with Gasteiger partial charge in [-0.2, -0.15) is 5.10 Å². The molecule has 0 unspecified atom stereocenters. The molecule has 8 nitrogen and oxygen atoms in total. The molecule has 0 aliphatic carbocycles. The third-order valence-corrected chi connectivity index (χ3v) is 5.94. The van der Waals surface area contributed by atoms with Gasteiger partial charge in [0.25, 0.3) is 0 Å². The molecule has 0 fully saturated rings. The van der Waals surface area contributed by atoms with Crippen molar-refractivity contribution in [2.75, 3.05) is 21.3 Å². The highest BCUT2D eigenvalue weighted by atomic mass is 32.1. The van der Waals surface area contributed by atoms with Crippen molar-refractivity contribution >= 4 is 32.7 Å². The van der Waals surface area contributed by atoms with Crippen molar-refractivity contribution in [2.24, 2.45) is 7.05 Å². The Hall–Kier alpha value is -3.07. The summed E-state index contributed by atoms with van der Waals surface area (Å²) >= 11 is 1.16. The number of aryl methyl sites for hydroxylation is 1. The van der Waals surface area contributed by atoms with Gasteiger partial charge in [-0.05, 0) is 31.5 Å². The molecule has 0 saturated carbocycles. The summed E-state index contributed by atoms with van der Waals surface area (Å²) in [5, 5.41) is 5.40. The van der Waals surface area contributed by atoms with Crippen LogP contribution in [0, 0.1) is 0 Å². The number of aromatic nitrogens is 4. The molecule has 29 heavy (non-hydrogen) atoms. The predicted octanol–water partition coefficient (Wildman–Crippen LogP) is 3.62. The van der Waals surface area contributed by atoms with E-state index in [1.165, 1.54) is 0 Å². The fourth-order valence-electron chi connectivity index (χ4n) is 3.48. The highest BCUT2D eigenvalue weighted by Crippen LogP contribution is 2.44. The smallest absolute Gasteiger partial charge is 0.309 e. The monoisotopic (exact) mass is 414 g/mol. The lowest BCUT2D eigenvalue weighted by Gasteiger charge is -2.15. The minimum Gasteiger partial charge on any atom is -0.493 e. The van der Waals surface area contributed by atoms with Crippen LogP contribution in [-0.4, -0.2) is 40.7 Å². The minimum absolute atomic E-state index is 0.0714. The maximum absolute atomic E-state index is 12.4.